The van der Waals surface area contributed by atoms with Crippen molar-refractivity contribution >= 4 is 5.91 Å². The van der Waals surface area contributed by atoms with E-state index in [1.165, 1.54) is 32.1 Å². The Bertz CT molecular complexity index is 225. The molecule has 1 N–H and O–H groups in total. The summed E-state index contributed by atoms with van der Waals surface area (Å²) in [6.07, 6.45) is 8.32. The number of carbonyl (C=O) groups excluding carboxylic acids is 1. The summed E-state index contributed by atoms with van der Waals surface area (Å²) in [5.74, 6) is 1.02. The van der Waals surface area contributed by atoms with Gasteiger partial charge in [-0.25, -0.2) is 5.48 Å². The Morgan fingerprint density at radius 2 is 1.94 bits per heavy atom. The van der Waals surface area contributed by atoms with Crippen molar-refractivity contribution in [1.29, 1.82) is 0 Å². The molecular weight excluding hydrogens is 230 g/mol. The van der Waals surface area contributed by atoms with Crippen LogP contribution in [0.2, 0.25) is 0 Å². The van der Waals surface area contributed by atoms with Gasteiger partial charge in [-0.2, -0.15) is 0 Å². The molecule has 0 spiro atoms. The molecule has 0 heterocycles. The van der Waals surface area contributed by atoms with Gasteiger partial charge in [-0.05, 0) is 31.6 Å². The number of carbonyl (C=O) groups is 1. The standard InChI is InChI=1S/C14H27NO3/c1-3-4-5-12-6-8-13(9-7-12)14(16)15-18-11-10-17-2/h12-13H,3-11H2,1-2H3,(H,15,16). The maximum atomic E-state index is 11.8. The summed E-state index contributed by atoms with van der Waals surface area (Å²) in [6.45, 7) is 3.15. The van der Waals surface area contributed by atoms with Gasteiger partial charge in [0.15, 0.2) is 0 Å². The number of hydroxylamine groups is 1. The third-order valence-corrected chi connectivity index (χ3v) is 3.75. The molecule has 0 aromatic rings. The van der Waals surface area contributed by atoms with E-state index in [0.717, 1.165) is 18.8 Å². The number of rotatable bonds is 8. The maximum Gasteiger partial charge on any atom is 0.246 e. The van der Waals surface area contributed by atoms with Crippen LogP contribution in [0.25, 0.3) is 0 Å². The molecule has 0 atom stereocenters. The van der Waals surface area contributed by atoms with Crippen LogP contribution in [0.4, 0.5) is 0 Å². The van der Waals surface area contributed by atoms with E-state index in [9.17, 15) is 4.79 Å². The third-order valence-electron chi connectivity index (χ3n) is 3.75. The minimum Gasteiger partial charge on any atom is -0.382 e. The molecule has 4 nitrogen and oxygen atoms in total. The summed E-state index contributed by atoms with van der Waals surface area (Å²) >= 11 is 0. The van der Waals surface area contributed by atoms with Crippen molar-refractivity contribution in [2.75, 3.05) is 20.3 Å². The fourth-order valence-electron chi connectivity index (χ4n) is 2.54. The maximum absolute atomic E-state index is 11.8. The molecular formula is C14H27NO3. The lowest BCUT2D eigenvalue weighted by molar-refractivity contribution is -0.140. The molecule has 0 radical (unpaired) electrons. The fraction of sp³-hybridized carbons (Fsp3) is 0.929. The van der Waals surface area contributed by atoms with Gasteiger partial charge >= 0.3 is 0 Å². The van der Waals surface area contributed by atoms with E-state index in [1.807, 2.05) is 0 Å². The number of methoxy groups -OCH3 is 1. The average Bonchev–Trinajstić information content (AvgIpc) is 2.41. The molecule has 0 aromatic heterocycles. The predicted molar refractivity (Wildman–Crippen MR) is 70.9 cm³/mol. The highest BCUT2D eigenvalue weighted by Gasteiger charge is 2.25. The Morgan fingerprint density at radius 3 is 2.56 bits per heavy atom. The summed E-state index contributed by atoms with van der Waals surface area (Å²) in [5, 5.41) is 0. The lowest BCUT2D eigenvalue weighted by Gasteiger charge is -2.27. The molecule has 1 fully saturated rings. The van der Waals surface area contributed by atoms with E-state index in [1.54, 1.807) is 7.11 Å². The Balaban J connectivity index is 2.11. The minimum absolute atomic E-state index is 0.0417. The van der Waals surface area contributed by atoms with Crippen LogP contribution in [0.1, 0.15) is 51.9 Å². The van der Waals surface area contributed by atoms with E-state index in [2.05, 4.69) is 12.4 Å². The zero-order valence-corrected chi connectivity index (χ0v) is 11.7. The first-order chi connectivity index (χ1) is 8.77. The summed E-state index contributed by atoms with van der Waals surface area (Å²) in [7, 11) is 1.61. The van der Waals surface area contributed by atoms with Gasteiger partial charge in [-0.3, -0.25) is 9.63 Å². The van der Waals surface area contributed by atoms with Crippen molar-refractivity contribution in [2.45, 2.75) is 51.9 Å². The van der Waals surface area contributed by atoms with Crippen LogP contribution in [-0.2, 0) is 14.4 Å². The molecule has 0 bridgehead atoms. The molecule has 1 saturated carbocycles. The smallest absolute Gasteiger partial charge is 0.246 e. The van der Waals surface area contributed by atoms with Crippen LogP contribution in [0, 0.1) is 11.8 Å². The first kappa shape index (κ1) is 15.4. The van der Waals surface area contributed by atoms with Gasteiger partial charge in [0.1, 0.15) is 0 Å². The van der Waals surface area contributed by atoms with Crippen LogP contribution < -0.4 is 5.48 Å². The van der Waals surface area contributed by atoms with Crippen molar-refractivity contribution in [2.24, 2.45) is 11.8 Å². The first-order valence-electron chi connectivity index (χ1n) is 7.18. The van der Waals surface area contributed by atoms with Crippen LogP contribution >= 0.6 is 0 Å². The Morgan fingerprint density at radius 1 is 1.22 bits per heavy atom. The lowest BCUT2D eigenvalue weighted by atomic mass is 9.79. The molecule has 1 aliphatic rings. The Labute approximate surface area is 110 Å². The van der Waals surface area contributed by atoms with Crippen LogP contribution in [0.5, 0.6) is 0 Å². The Kier molecular flexibility index (Phi) is 8.01. The number of unbranched alkanes of at least 4 members (excludes halogenated alkanes) is 1. The summed E-state index contributed by atoms with van der Waals surface area (Å²) in [4.78, 5) is 16.9. The van der Waals surface area contributed by atoms with E-state index in [-0.39, 0.29) is 11.8 Å². The molecule has 1 rings (SSSR count). The number of nitrogens with one attached hydrogen (secondary N) is 1. The second kappa shape index (κ2) is 9.34. The van der Waals surface area contributed by atoms with Crippen molar-refractivity contribution in [1.82, 2.24) is 5.48 Å². The molecule has 4 heteroatoms. The second-order valence-electron chi connectivity index (χ2n) is 5.17. The zero-order valence-electron chi connectivity index (χ0n) is 11.7. The lowest BCUT2D eigenvalue weighted by Crippen LogP contribution is -2.34. The van der Waals surface area contributed by atoms with Crippen molar-refractivity contribution < 1.29 is 14.4 Å². The van der Waals surface area contributed by atoms with E-state index in [0.29, 0.717) is 13.2 Å². The molecule has 0 saturated heterocycles. The SMILES string of the molecule is CCCCC1CCC(C(=O)NOCCOC)CC1. The highest BCUT2D eigenvalue weighted by molar-refractivity contribution is 5.77. The molecule has 0 unspecified atom stereocenters. The van der Waals surface area contributed by atoms with Gasteiger partial charge in [0.05, 0.1) is 13.2 Å². The van der Waals surface area contributed by atoms with Crippen LogP contribution in [0.3, 0.4) is 0 Å². The summed E-state index contributed by atoms with van der Waals surface area (Å²) < 4.78 is 4.84. The van der Waals surface area contributed by atoms with Crippen molar-refractivity contribution in [3.63, 3.8) is 0 Å². The van der Waals surface area contributed by atoms with Gasteiger partial charge in [-0.15, -0.1) is 0 Å². The fourth-order valence-corrected chi connectivity index (χ4v) is 2.54. The molecule has 106 valence electrons. The van der Waals surface area contributed by atoms with Crippen molar-refractivity contribution in [3.05, 3.63) is 0 Å². The molecule has 1 amide bonds. The van der Waals surface area contributed by atoms with Gasteiger partial charge in [0, 0.05) is 13.0 Å². The zero-order chi connectivity index (χ0) is 13.2. The number of ether oxygens (including phenoxy) is 1. The molecule has 0 aliphatic heterocycles. The van der Waals surface area contributed by atoms with Crippen LogP contribution in [-0.4, -0.2) is 26.2 Å². The Hall–Kier alpha value is -0.610. The normalized spacial score (nSPS) is 23.9. The quantitative estimate of drug-likeness (QED) is 0.537. The summed E-state index contributed by atoms with van der Waals surface area (Å²) in [5.41, 5.74) is 2.53. The highest BCUT2D eigenvalue weighted by Crippen LogP contribution is 2.31. The molecule has 0 aromatic carbocycles. The van der Waals surface area contributed by atoms with E-state index in [4.69, 9.17) is 9.57 Å². The highest BCUT2D eigenvalue weighted by atomic mass is 16.7. The predicted octanol–water partition coefficient (Wildman–Crippen LogP) is 2.68. The van der Waals surface area contributed by atoms with Gasteiger partial charge in [-0.1, -0.05) is 26.2 Å². The van der Waals surface area contributed by atoms with Gasteiger partial charge in [0.2, 0.25) is 5.91 Å². The number of amides is 1. The largest absolute Gasteiger partial charge is 0.382 e. The third kappa shape index (κ3) is 5.83. The van der Waals surface area contributed by atoms with E-state index < -0.39 is 0 Å². The minimum atomic E-state index is 0.0417. The topological polar surface area (TPSA) is 47.6 Å². The van der Waals surface area contributed by atoms with Gasteiger partial charge < -0.3 is 4.74 Å². The first-order valence-corrected chi connectivity index (χ1v) is 7.18. The average molecular weight is 257 g/mol. The molecule has 1 aliphatic carbocycles. The second-order valence-corrected chi connectivity index (χ2v) is 5.17. The summed E-state index contributed by atoms with van der Waals surface area (Å²) in [6, 6.07) is 0. The monoisotopic (exact) mass is 257 g/mol. The number of hydrogen-bond donors (Lipinski definition) is 1. The van der Waals surface area contributed by atoms with Gasteiger partial charge in [0.25, 0.3) is 0 Å². The molecule has 18 heavy (non-hydrogen) atoms. The van der Waals surface area contributed by atoms with Crippen LogP contribution in [0.15, 0.2) is 0 Å². The van der Waals surface area contributed by atoms with E-state index >= 15 is 0 Å². The van der Waals surface area contributed by atoms with Crippen molar-refractivity contribution in [3.8, 4) is 0 Å². The number of hydrogen-bond acceptors (Lipinski definition) is 3.